The standard InChI is InChI=1S/C12H11N3O4/c1-6-7(2)15-19-11(6)14-10(16)9-8(12(17)18)4-3-5-13-9/h3-5H,1-2H3,(H,14,16)(H,17,18). The first-order valence-corrected chi connectivity index (χ1v) is 5.43. The van der Waals surface area contributed by atoms with E-state index in [4.69, 9.17) is 9.63 Å². The van der Waals surface area contributed by atoms with Crippen molar-refractivity contribution in [3.63, 3.8) is 0 Å². The van der Waals surface area contributed by atoms with Crippen molar-refractivity contribution >= 4 is 17.8 Å². The Labute approximate surface area is 108 Å². The van der Waals surface area contributed by atoms with Crippen LogP contribution in [0.2, 0.25) is 0 Å². The summed E-state index contributed by atoms with van der Waals surface area (Å²) in [5, 5.41) is 15.1. The third-order valence-electron chi connectivity index (χ3n) is 2.64. The van der Waals surface area contributed by atoms with Crippen molar-refractivity contribution in [1.82, 2.24) is 10.1 Å². The number of rotatable bonds is 3. The number of hydrogen-bond acceptors (Lipinski definition) is 5. The first-order valence-electron chi connectivity index (χ1n) is 5.43. The van der Waals surface area contributed by atoms with Crippen LogP contribution in [0.4, 0.5) is 5.88 Å². The van der Waals surface area contributed by atoms with E-state index in [0.717, 1.165) is 0 Å². The van der Waals surface area contributed by atoms with Gasteiger partial charge in [0.2, 0.25) is 5.88 Å². The molecule has 2 rings (SSSR count). The fourth-order valence-corrected chi connectivity index (χ4v) is 1.45. The van der Waals surface area contributed by atoms with Crippen molar-refractivity contribution in [3.05, 3.63) is 40.8 Å². The molecule has 0 unspecified atom stereocenters. The zero-order chi connectivity index (χ0) is 14.0. The Morgan fingerprint density at radius 1 is 1.37 bits per heavy atom. The molecule has 7 heteroatoms. The van der Waals surface area contributed by atoms with E-state index in [1.807, 2.05) is 0 Å². The Bertz CT molecular complexity index is 648. The number of aromatic nitrogens is 2. The maximum absolute atomic E-state index is 12.0. The van der Waals surface area contributed by atoms with Gasteiger partial charge in [-0.2, -0.15) is 0 Å². The van der Waals surface area contributed by atoms with Gasteiger partial charge in [0.15, 0.2) is 0 Å². The van der Waals surface area contributed by atoms with Crippen LogP contribution >= 0.6 is 0 Å². The summed E-state index contributed by atoms with van der Waals surface area (Å²) < 4.78 is 4.93. The monoisotopic (exact) mass is 261 g/mol. The van der Waals surface area contributed by atoms with E-state index in [-0.39, 0.29) is 17.1 Å². The summed E-state index contributed by atoms with van der Waals surface area (Å²) in [6, 6.07) is 2.76. The molecule has 0 aliphatic carbocycles. The van der Waals surface area contributed by atoms with Gasteiger partial charge in [0.1, 0.15) is 5.69 Å². The fourth-order valence-electron chi connectivity index (χ4n) is 1.45. The smallest absolute Gasteiger partial charge is 0.338 e. The Morgan fingerprint density at radius 3 is 2.68 bits per heavy atom. The van der Waals surface area contributed by atoms with Crippen LogP contribution in [0.15, 0.2) is 22.9 Å². The number of hydrogen-bond donors (Lipinski definition) is 2. The largest absolute Gasteiger partial charge is 0.478 e. The van der Waals surface area contributed by atoms with Gasteiger partial charge in [0, 0.05) is 11.8 Å². The van der Waals surface area contributed by atoms with Crippen molar-refractivity contribution in [2.45, 2.75) is 13.8 Å². The van der Waals surface area contributed by atoms with E-state index in [1.165, 1.54) is 18.3 Å². The number of carbonyl (C=O) groups excluding carboxylic acids is 1. The van der Waals surface area contributed by atoms with E-state index in [2.05, 4.69) is 15.5 Å². The average molecular weight is 261 g/mol. The zero-order valence-corrected chi connectivity index (χ0v) is 10.3. The number of amides is 1. The molecule has 2 aromatic heterocycles. The van der Waals surface area contributed by atoms with Crippen LogP contribution in [0.3, 0.4) is 0 Å². The Balaban J connectivity index is 2.31. The van der Waals surface area contributed by atoms with Crippen molar-refractivity contribution in [2.75, 3.05) is 5.32 Å². The SMILES string of the molecule is Cc1noc(NC(=O)c2ncccc2C(=O)O)c1C. The summed E-state index contributed by atoms with van der Waals surface area (Å²) in [5.41, 5.74) is 0.980. The number of carboxylic acids is 1. The van der Waals surface area contributed by atoms with Gasteiger partial charge in [-0.3, -0.25) is 15.1 Å². The first-order chi connectivity index (χ1) is 9.00. The Kier molecular flexibility index (Phi) is 3.28. The molecule has 0 fully saturated rings. The van der Waals surface area contributed by atoms with Gasteiger partial charge in [-0.15, -0.1) is 0 Å². The molecule has 0 atom stereocenters. The predicted molar refractivity (Wildman–Crippen MR) is 65.1 cm³/mol. The van der Waals surface area contributed by atoms with Gasteiger partial charge in [0.25, 0.3) is 5.91 Å². The molecule has 1 amide bonds. The van der Waals surface area contributed by atoms with E-state index in [0.29, 0.717) is 11.3 Å². The molecule has 7 nitrogen and oxygen atoms in total. The van der Waals surface area contributed by atoms with Crippen LogP contribution in [0.1, 0.15) is 32.1 Å². The summed E-state index contributed by atoms with van der Waals surface area (Å²) in [5.74, 6) is -1.69. The zero-order valence-electron chi connectivity index (χ0n) is 10.3. The minimum Gasteiger partial charge on any atom is -0.478 e. The third-order valence-corrected chi connectivity index (χ3v) is 2.64. The van der Waals surface area contributed by atoms with Gasteiger partial charge in [-0.25, -0.2) is 4.79 Å². The number of pyridine rings is 1. The van der Waals surface area contributed by atoms with Crippen LogP contribution in [0.5, 0.6) is 0 Å². The van der Waals surface area contributed by atoms with Crippen molar-refractivity contribution < 1.29 is 19.2 Å². The minimum atomic E-state index is -1.22. The highest BCUT2D eigenvalue weighted by Crippen LogP contribution is 2.18. The van der Waals surface area contributed by atoms with Crippen molar-refractivity contribution in [2.24, 2.45) is 0 Å². The maximum atomic E-state index is 12.0. The molecular formula is C12H11N3O4. The van der Waals surface area contributed by atoms with Gasteiger partial charge >= 0.3 is 5.97 Å². The summed E-state index contributed by atoms with van der Waals surface area (Å²) in [6.07, 6.45) is 1.35. The molecule has 2 heterocycles. The lowest BCUT2D eigenvalue weighted by Gasteiger charge is -2.04. The number of carboxylic acid groups (broad SMARTS) is 1. The molecule has 0 spiro atoms. The topological polar surface area (TPSA) is 105 Å². The van der Waals surface area contributed by atoms with Gasteiger partial charge in [-0.05, 0) is 26.0 Å². The quantitative estimate of drug-likeness (QED) is 0.870. The second kappa shape index (κ2) is 4.89. The summed E-state index contributed by atoms with van der Waals surface area (Å²) >= 11 is 0. The number of carbonyl (C=O) groups is 2. The maximum Gasteiger partial charge on any atom is 0.338 e. The molecule has 0 saturated carbocycles. The minimum absolute atomic E-state index is 0.172. The lowest BCUT2D eigenvalue weighted by molar-refractivity contribution is 0.0691. The highest BCUT2D eigenvalue weighted by atomic mass is 16.5. The molecule has 0 aromatic carbocycles. The molecule has 0 saturated heterocycles. The van der Waals surface area contributed by atoms with Gasteiger partial charge in [-0.1, -0.05) is 5.16 Å². The Hall–Kier alpha value is -2.70. The molecular weight excluding hydrogens is 250 g/mol. The molecule has 2 aromatic rings. The second-order valence-electron chi connectivity index (χ2n) is 3.88. The fraction of sp³-hybridized carbons (Fsp3) is 0.167. The molecule has 0 radical (unpaired) electrons. The molecule has 0 bridgehead atoms. The van der Waals surface area contributed by atoms with Crippen LogP contribution in [-0.2, 0) is 0 Å². The third kappa shape index (κ3) is 2.44. The van der Waals surface area contributed by atoms with E-state index < -0.39 is 11.9 Å². The Morgan fingerprint density at radius 2 is 2.11 bits per heavy atom. The van der Waals surface area contributed by atoms with E-state index >= 15 is 0 Å². The number of anilines is 1. The van der Waals surface area contributed by atoms with Gasteiger partial charge < -0.3 is 9.63 Å². The highest BCUT2D eigenvalue weighted by molar-refractivity contribution is 6.09. The molecule has 19 heavy (non-hydrogen) atoms. The van der Waals surface area contributed by atoms with Crippen LogP contribution in [0, 0.1) is 13.8 Å². The van der Waals surface area contributed by atoms with Crippen molar-refractivity contribution in [1.29, 1.82) is 0 Å². The highest BCUT2D eigenvalue weighted by Gasteiger charge is 2.20. The second-order valence-corrected chi connectivity index (χ2v) is 3.88. The van der Waals surface area contributed by atoms with Crippen molar-refractivity contribution in [3.8, 4) is 0 Å². The number of aryl methyl sites for hydroxylation is 1. The lowest BCUT2D eigenvalue weighted by atomic mass is 10.2. The molecule has 0 aliphatic heterocycles. The number of aromatic carboxylic acids is 1. The normalized spacial score (nSPS) is 10.2. The first kappa shape index (κ1) is 12.7. The lowest BCUT2D eigenvalue weighted by Crippen LogP contribution is -2.18. The summed E-state index contributed by atoms with van der Waals surface area (Å²) in [4.78, 5) is 26.7. The van der Waals surface area contributed by atoms with E-state index in [9.17, 15) is 9.59 Å². The molecule has 98 valence electrons. The van der Waals surface area contributed by atoms with Crippen LogP contribution < -0.4 is 5.32 Å². The van der Waals surface area contributed by atoms with Crippen LogP contribution in [-0.4, -0.2) is 27.1 Å². The molecule has 2 N–H and O–H groups in total. The number of nitrogens with zero attached hydrogens (tertiary/aromatic N) is 2. The summed E-state index contributed by atoms with van der Waals surface area (Å²) in [7, 11) is 0. The number of nitrogens with one attached hydrogen (secondary N) is 1. The van der Waals surface area contributed by atoms with Crippen LogP contribution in [0.25, 0.3) is 0 Å². The van der Waals surface area contributed by atoms with E-state index in [1.54, 1.807) is 13.8 Å². The summed E-state index contributed by atoms with van der Waals surface area (Å²) in [6.45, 7) is 3.47. The average Bonchev–Trinajstić information content (AvgIpc) is 2.70. The predicted octanol–water partition coefficient (Wildman–Crippen LogP) is 1.64. The van der Waals surface area contributed by atoms with Gasteiger partial charge in [0.05, 0.1) is 11.3 Å². The molecule has 0 aliphatic rings.